The molecule has 1 atom stereocenters. The van der Waals surface area contributed by atoms with Crippen molar-refractivity contribution in [2.24, 2.45) is 5.92 Å². The van der Waals surface area contributed by atoms with E-state index >= 15 is 0 Å². The molecule has 1 aromatic carbocycles. The van der Waals surface area contributed by atoms with Crippen molar-refractivity contribution in [1.82, 2.24) is 9.80 Å². The minimum absolute atomic E-state index is 0.162. The summed E-state index contributed by atoms with van der Waals surface area (Å²) >= 11 is 0. The average Bonchev–Trinajstić information content (AvgIpc) is 2.68. The lowest BCUT2D eigenvalue weighted by Crippen LogP contribution is -2.56. The standard InChI is InChI=1S/C22H36N2O2/c1-22(2,24-14-16-26-17-15-24)18-23-12-10-20(11-13-23)21(25)9-8-19-6-4-3-5-7-19/h3-7,20-21,25H,8-18H2,1-2H3/t21-/m0/s1. The van der Waals surface area contributed by atoms with Crippen LogP contribution in [0, 0.1) is 5.92 Å². The molecule has 0 radical (unpaired) electrons. The van der Waals surface area contributed by atoms with Crippen LogP contribution in [0.2, 0.25) is 0 Å². The molecule has 0 amide bonds. The Kier molecular flexibility index (Phi) is 7.10. The Morgan fingerprint density at radius 3 is 2.38 bits per heavy atom. The Morgan fingerprint density at radius 2 is 1.73 bits per heavy atom. The Balaban J connectivity index is 1.40. The van der Waals surface area contributed by atoms with Crippen LogP contribution in [0.4, 0.5) is 0 Å². The zero-order valence-electron chi connectivity index (χ0n) is 16.6. The summed E-state index contributed by atoms with van der Waals surface area (Å²) in [5.41, 5.74) is 1.53. The van der Waals surface area contributed by atoms with Crippen LogP contribution in [-0.4, -0.2) is 72.5 Å². The van der Waals surface area contributed by atoms with Crippen molar-refractivity contribution in [3.63, 3.8) is 0 Å². The molecule has 0 unspecified atom stereocenters. The fraction of sp³-hybridized carbons (Fsp3) is 0.727. The number of ether oxygens (including phenoxy) is 1. The minimum atomic E-state index is -0.162. The number of likely N-dealkylation sites (tertiary alicyclic amines) is 1. The molecular weight excluding hydrogens is 324 g/mol. The van der Waals surface area contributed by atoms with E-state index in [-0.39, 0.29) is 11.6 Å². The third-order valence-corrected chi connectivity index (χ3v) is 6.23. The van der Waals surface area contributed by atoms with Gasteiger partial charge in [0.2, 0.25) is 0 Å². The zero-order chi connectivity index (χ0) is 18.4. The van der Waals surface area contributed by atoms with E-state index < -0.39 is 0 Å². The summed E-state index contributed by atoms with van der Waals surface area (Å²) in [6.07, 6.45) is 3.94. The zero-order valence-corrected chi connectivity index (χ0v) is 16.6. The molecule has 1 N–H and O–H groups in total. The van der Waals surface area contributed by atoms with E-state index in [2.05, 4.69) is 47.9 Å². The fourth-order valence-corrected chi connectivity index (χ4v) is 4.51. The molecule has 0 aromatic heterocycles. The van der Waals surface area contributed by atoms with E-state index in [0.29, 0.717) is 5.92 Å². The van der Waals surface area contributed by atoms with Crippen LogP contribution >= 0.6 is 0 Å². The number of benzene rings is 1. The average molecular weight is 361 g/mol. The molecule has 2 aliphatic rings. The van der Waals surface area contributed by atoms with Crippen molar-refractivity contribution in [3.05, 3.63) is 35.9 Å². The van der Waals surface area contributed by atoms with Gasteiger partial charge in [-0.2, -0.15) is 0 Å². The van der Waals surface area contributed by atoms with Gasteiger partial charge in [-0.3, -0.25) is 4.90 Å². The highest BCUT2D eigenvalue weighted by atomic mass is 16.5. The molecule has 146 valence electrons. The number of hydrogen-bond donors (Lipinski definition) is 1. The van der Waals surface area contributed by atoms with Crippen molar-refractivity contribution in [1.29, 1.82) is 0 Å². The molecule has 2 saturated heterocycles. The monoisotopic (exact) mass is 360 g/mol. The van der Waals surface area contributed by atoms with Gasteiger partial charge in [0, 0.05) is 25.2 Å². The molecule has 0 spiro atoms. The smallest absolute Gasteiger partial charge is 0.0594 e. The van der Waals surface area contributed by atoms with Crippen LogP contribution < -0.4 is 0 Å². The van der Waals surface area contributed by atoms with Gasteiger partial charge in [-0.1, -0.05) is 30.3 Å². The van der Waals surface area contributed by atoms with E-state index in [9.17, 15) is 5.11 Å². The lowest BCUT2D eigenvalue weighted by Gasteiger charge is -2.45. The highest BCUT2D eigenvalue weighted by Gasteiger charge is 2.32. The van der Waals surface area contributed by atoms with Gasteiger partial charge in [-0.15, -0.1) is 0 Å². The molecule has 2 heterocycles. The maximum absolute atomic E-state index is 10.6. The molecule has 26 heavy (non-hydrogen) atoms. The minimum Gasteiger partial charge on any atom is -0.393 e. The Morgan fingerprint density at radius 1 is 1.08 bits per heavy atom. The number of hydrogen-bond acceptors (Lipinski definition) is 4. The molecule has 2 aliphatic heterocycles. The van der Waals surface area contributed by atoms with Gasteiger partial charge in [-0.25, -0.2) is 0 Å². The van der Waals surface area contributed by atoms with Gasteiger partial charge in [0.15, 0.2) is 0 Å². The first-order chi connectivity index (χ1) is 12.5. The van der Waals surface area contributed by atoms with Gasteiger partial charge in [0.1, 0.15) is 0 Å². The second-order valence-corrected chi connectivity index (χ2v) is 8.62. The van der Waals surface area contributed by atoms with Crippen LogP contribution in [0.5, 0.6) is 0 Å². The molecule has 4 heteroatoms. The lowest BCUT2D eigenvalue weighted by atomic mass is 9.87. The largest absolute Gasteiger partial charge is 0.393 e. The van der Waals surface area contributed by atoms with Crippen LogP contribution in [0.25, 0.3) is 0 Å². The first-order valence-electron chi connectivity index (χ1n) is 10.3. The molecular formula is C22H36N2O2. The van der Waals surface area contributed by atoms with E-state index in [1.165, 1.54) is 5.56 Å². The SMILES string of the molecule is CC(C)(CN1CCC([C@@H](O)CCc2ccccc2)CC1)N1CCOCC1. The van der Waals surface area contributed by atoms with Crippen LogP contribution in [0.3, 0.4) is 0 Å². The maximum atomic E-state index is 10.6. The molecule has 4 nitrogen and oxygen atoms in total. The summed E-state index contributed by atoms with van der Waals surface area (Å²) < 4.78 is 5.50. The number of nitrogens with zero attached hydrogens (tertiary/aromatic N) is 2. The molecule has 0 saturated carbocycles. The van der Waals surface area contributed by atoms with Crippen molar-refractivity contribution >= 4 is 0 Å². The number of piperidine rings is 1. The van der Waals surface area contributed by atoms with E-state index in [0.717, 1.165) is 71.6 Å². The van der Waals surface area contributed by atoms with E-state index in [4.69, 9.17) is 4.74 Å². The van der Waals surface area contributed by atoms with Gasteiger partial charge < -0.3 is 14.7 Å². The molecule has 1 aromatic rings. The van der Waals surface area contributed by atoms with Crippen molar-refractivity contribution in [3.8, 4) is 0 Å². The number of rotatable bonds is 7. The second kappa shape index (κ2) is 9.32. The van der Waals surface area contributed by atoms with Crippen LogP contribution in [0.1, 0.15) is 38.7 Å². The molecule has 0 aliphatic carbocycles. The Bertz CT molecular complexity index is 520. The topological polar surface area (TPSA) is 35.9 Å². The fourth-order valence-electron chi connectivity index (χ4n) is 4.51. The third-order valence-electron chi connectivity index (χ3n) is 6.23. The highest BCUT2D eigenvalue weighted by molar-refractivity contribution is 5.14. The van der Waals surface area contributed by atoms with Crippen molar-refractivity contribution in [2.75, 3.05) is 45.9 Å². The number of aliphatic hydroxyl groups excluding tert-OH is 1. The summed E-state index contributed by atoms with van der Waals surface area (Å²) in [6.45, 7) is 11.9. The normalized spacial score (nSPS) is 22.4. The molecule has 0 bridgehead atoms. The van der Waals surface area contributed by atoms with E-state index in [1.54, 1.807) is 0 Å². The number of morpholine rings is 1. The number of aliphatic hydroxyl groups is 1. The summed E-state index contributed by atoms with van der Waals surface area (Å²) in [7, 11) is 0. The Labute approximate surface area is 159 Å². The molecule has 2 fully saturated rings. The summed E-state index contributed by atoms with van der Waals surface area (Å²) in [5, 5.41) is 10.6. The van der Waals surface area contributed by atoms with Gasteiger partial charge in [0.05, 0.1) is 19.3 Å². The van der Waals surface area contributed by atoms with Crippen LogP contribution in [0.15, 0.2) is 30.3 Å². The Hall–Kier alpha value is -0.940. The first kappa shape index (κ1) is 19.8. The number of aryl methyl sites for hydroxylation is 1. The summed E-state index contributed by atoms with van der Waals surface area (Å²) in [4.78, 5) is 5.16. The highest BCUT2D eigenvalue weighted by Crippen LogP contribution is 2.26. The van der Waals surface area contributed by atoms with Gasteiger partial charge >= 0.3 is 0 Å². The predicted molar refractivity (Wildman–Crippen MR) is 106 cm³/mol. The van der Waals surface area contributed by atoms with Gasteiger partial charge in [0.25, 0.3) is 0 Å². The van der Waals surface area contributed by atoms with Crippen molar-refractivity contribution in [2.45, 2.75) is 51.2 Å². The third kappa shape index (κ3) is 5.53. The lowest BCUT2D eigenvalue weighted by molar-refractivity contribution is -0.0284. The maximum Gasteiger partial charge on any atom is 0.0594 e. The van der Waals surface area contributed by atoms with Crippen LogP contribution in [-0.2, 0) is 11.2 Å². The van der Waals surface area contributed by atoms with Crippen molar-refractivity contribution < 1.29 is 9.84 Å². The quantitative estimate of drug-likeness (QED) is 0.811. The first-order valence-corrected chi connectivity index (χ1v) is 10.3. The summed E-state index contributed by atoms with van der Waals surface area (Å²) in [5.74, 6) is 0.460. The van der Waals surface area contributed by atoms with Gasteiger partial charge in [-0.05, 0) is 64.1 Å². The molecule has 3 rings (SSSR count). The summed E-state index contributed by atoms with van der Waals surface area (Å²) in [6, 6.07) is 10.5. The second-order valence-electron chi connectivity index (χ2n) is 8.62. The predicted octanol–water partition coefficient (Wildman–Crippen LogP) is 2.80. The van der Waals surface area contributed by atoms with E-state index in [1.807, 2.05) is 6.07 Å².